The number of ether oxygens (including phenoxy) is 1. The summed E-state index contributed by atoms with van der Waals surface area (Å²) in [7, 11) is 3.84. The Labute approximate surface area is 241 Å². The van der Waals surface area contributed by atoms with Crippen molar-refractivity contribution in [1.82, 2.24) is 15.1 Å². The van der Waals surface area contributed by atoms with Crippen molar-refractivity contribution in [3.05, 3.63) is 65.7 Å². The Hall–Kier alpha value is -3.76. The molecule has 2 aromatic carbocycles. The van der Waals surface area contributed by atoms with Crippen molar-refractivity contribution in [2.45, 2.75) is 57.5 Å². The van der Waals surface area contributed by atoms with Gasteiger partial charge in [0.25, 0.3) is 5.91 Å². The van der Waals surface area contributed by atoms with Gasteiger partial charge in [0, 0.05) is 31.9 Å². The molecule has 2 aliphatic rings. The van der Waals surface area contributed by atoms with Gasteiger partial charge in [-0.05, 0) is 48.6 Å². The molecule has 10 heteroatoms. The third-order valence-corrected chi connectivity index (χ3v) is 7.67. The molecule has 0 spiro atoms. The lowest BCUT2D eigenvalue weighted by Crippen LogP contribution is -2.53. The number of nitrogens with one attached hydrogen (secondary N) is 1. The number of ketones is 1. The number of benzene rings is 2. The lowest BCUT2D eigenvalue weighted by Gasteiger charge is -2.29. The lowest BCUT2D eigenvalue weighted by atomic mass is 10.0. The summed E-state index contributed by atoms with van der Waals surface area (Å²) in [6.07, 6.45) is 0.897. The summed E-state index contributed by atoms with van der Waals surface area (Å²) in [6.45, 7) is 4.55. The van der Waals surface area contributed by atoms with E-state index in [0.717, 1.165) is 11.3 Å². The van der Waals surface area contributed by atoms with E-state index < -0.39 is 24.2 Å². The second-order valence-electron chi connectivity index (χ2n) is 11.5. The van der Waals surface area contributed by atoms with Crippen LogP contribution < -0.4 is 16.0 Å². The lowest BCUT2D eigenvalue weighted by molar-refractivity contribution is -0.138. The van der Waals surface area contributed by atoms with Crippen LogP contribution in [0, 0.1) is 5.92 Å². The second-order valence-corrected chi connectivity index (χ2v) is 11.5. The Kier molecular flexibility index (Phi) is 9.77. The third kappa shape index (κ3) is 7.12. The van der Waals surface area contributed by atoms with Gasteiger partial charge in [-0.3, -0.25) is 19.2 Å². The standard InChI is InChI=1S/C31H41N5O5/c1-20(2)16-25(33-29(38)22-10-12-23(13-11-22)34(3)4)31(40)35-15-14-26-28(35)27(37)17-36(26)30(39)24(32)19-41-18-21-8-6-5-7-9-21/h5-13,20,24-26,28H,14-19,32H2,1-4H3,(H,33,38)/t24-,25-,26?,28?/m0/s1. The SMILES string of the molecule is CC(C)C[C@H](NC(=O)c1ccc(N(C)C)cc1)C(=O)N1CCC2C1C(=O)CN2C(=O)[C@@H](N)COCc1ccccc1. The van der Waals surface area contributed by atoms with Crippen LogP contribution in [0.3, 0.4) is 0 Å². The number of fused-ring (bicyclic) bond motifs is 1. The molecule has 2 heterocycles. The highest BCUT2D eigenvalue weighted by atomic mass is 16.5. The second kappa shape index (κ2) is 13.3. The number of hydrogen-bond acceptors (Lipinski definition) is 7. The van der Waals surface area contributed by atoms with E-state index in [2.05, 4.69) is 5.32 Å². The molecule has 4 atom stereocenters. The molecule has 0 saturated carbocycles. The van der Waals surface area contributed by atoms with Crippen LogP contribution in [0.25, 0.3) is 0 Å². The quantitative estimate of drug-likeness (QED) is 0.427. The van der Waals surface area contributed by atoms with Crippen LogP contribution in [0.2, 0.25) is 0 Å². The molecule has 0 aliphatic carbocycles. The first-order valence-corrected chi connectivity index (χ1v) is 14.2. The van der Waals surface area contributed by atoms with Crippen molar-refractivity contribution in [2.75, 3.05) is 38.7 Å². The number of carbonyl (C=O) groups is 4. The molecule has 2 aromatic rings. The average molecular weight is 564 g/mol. The van der Waals surface area contributed by atoms with Crippen LogP contribution in [0.1, 0.15) is 42.6 Å². The minimum Gasteiger partial charge on any atom is -0.378 e. The summed E-state index contributed by atoms with van der Waals surface area (Å²) in [5.41, 5.74) is 8.55. The van der Waals surface area contributed by atoms with Crippen molar-refractivity contribution >= 4 is 29.2 Å². The average Bonchev–Trinajstić information content (AvgIpc) is 3.53. The number of Topliss-reactive ketones (excluding diaryl/α,β-unsaturated/α-hetero) is 1. The predicted octanol–water partition coefficient (Wildman–Crippen LogP) is 1.82. The normalized spacial score (nSPS) is 19.7. The summed E-state index contributed by atoms with van der Waals surface area (Å²) >= 11 is 0. The third-order valence-electron chi connectivity index (χ3n) is 7.67. The van der Waals surface area contributed by atoms with Crippen LogP contribution >= 0.6 is 0 Å². The zero-order chi connectivity index (χ0) is 29.7. The molecule has 10 nitrogen and oxygen atoms in total. The molecule has 2 unspecified atom stereocenters. The predicted molar refractivity (Wildman–Crippen MR) is 156 cm³/mol. The van der Waals surface area contributed by atoms with Gasteiger partial charge in [-0.15, -0.1) is 0 Å². The van der Waals surface area contributed by atoms with Gasteiger partial charge in [-0.2, -0.15) is 0 Å². The number of nitrogens with two attached hydrogens (primary N) is 1. The number of amides is 3. The fourth-order valence-electron chi connectivity index (χ4n) is 5.57. The number of anilines is 1. The molecule has 4 rings (SSSR count). The number of rotatable bonds is 11. The summed E-state index contributed by atoms with van der Waals surface area (Å²) in [5.74, 6) is -1.07. The molecular weight excluding hydrogens is 522 g/mol. The van der Waals surface area contributed by atoms with E-state index in [1.165, 1.54) is 4.90 Å². The van der Waals surface area contributed by atoms with Crippen LogP contribution in [-0.2, 0) is 25.7 Å². The van der Waals surface area contributed by atoms with Gasteiger partial charge < -0.3 is 30.5 Å². The topological polar surface area (TPSA) is 125 Å². The van der Waals surface area contributed by atoms with Crippen molar-refractivity contribution in [2.24, 2.45) is 11.7 Å². The van der Waals surface area contributed by atoms with Gasteiger partial charge in [-0.1, -0.05) is 44.2 Å². The highest BCUT2D eigenvalue weighted by Crippen LogP contribution is 2.31. The largest absolute Gasteiger partial charge is 0.378 e. The molecule has 2 fully saturated rings. The van der Waals surface area contributed by atoms with Crippen LogP contribution in [0.5, 0.6) is 0 Å². The maximum Gasteiger partial charge on any atom is 0.251 e. The number of nitrogens with zero attached hydrogens (tertiary/aromatic N) is 3. The van der Waals surface area contributed by atoms with Crippen LogP contribution in [0.4, 0.5) is 5.69 Å². The summed E-state index contributed by atoms with van der Waals surface area (Å²) in [6, 6.07) is 13.9. The summed E-state index contributed by atoms with van der Waals surface area (Å²) in [4.78, 5) is 58.2. The van der Waals surface area contributed by atoms with Gasteiger partial charge in [0.05, 0.1) is 25.8 Å². The molecule has 0 aromatic heterocycles. The van der Waals surface area contributed by atoms with Crippen molar-refractivity contribution in [1.29, 1.82) is 0 Å². The van der Waals surface area contributed by atoms with Gasteiger partial charge >= 0.3 is 0 Å². The smallest absolute Gasteiger partial charge is 0.251 e. The number of likely N-dealkylation sites (tertiary alicyclic amines) is 2. The Morgan fingerprint density at radius 2 is 1.71 bits per heavy atom. The molecule has 3 amide bonds. The molecule has 0 bridgehead atoms. The Morgan fingerprint density at radius 1 is 1.02 bits per heavy atom. The molecule has 0 radical (unpaired) electrons. The minimum atomic E-state index is -0.915. The maximum atomic E-state index is 13.8. The first kappa shape index (κ1) is 30.2. The Balaban J connectivity index is 1.39. The summed E-state index contributed by atoms with van der Waals surface area (Å²) < 4.78 is 5.66. The van der Waals surface area contributed by atoms with E-state index in [4.69, 9.17) is 10.5 Å². The van der Waals surface area contributed by atoms with Gasteiger partial charge in [0.2, 0.25) is 11.8 Å². The number of hydrogen-bond donors (Lipinski definition) is 2. The molecule has 2 aliphatic heterocycles. The Morgan fingerprint density at radius 3 is 2.34 bits per heavy atom. The van der Waals surface area contributed by atoms with E-state index in [-0.39, 0.29) is 42.6 Å². The fraction of sp³-hybridized carbons (Fsp3) is 0.484. The summed E-state index contributed by atoms with van der Waals surface area (Å²) in [5, 5.41) is 2.90. The fourth-order valence-corrected chi connectivity index (χ4v) is 5.57. The monoisotopic (exact) mass is 563 g/mol. The van der Waals surface area contributed by atoms with E-state index in [1.807, 2.05) is 75.3 Å². The van der Waals surface area contributed by atoms with E-state index >= 15 is 0 Å². The van der Waals surface area contributed by atoms with Crippen molar-refractivity contribution in [3.63, 3.8) is 0 Å². The van der Waals surface area contributed by atoms with Crippen LogP contribution in [0.15, 0.2) is 54.6 Å². The molecule has 2 saturated heterocycles. The first-order valence-electron chi connectivity index (χ1n) is 14.2. The van der Waals surface area contributed by atoms with Crippen LogP contribution in [-0.4, -0.2) is 91.3 Å². The molecule has 3 N–H and O–H groups in total. The van der Waals surface area contributed by atoms with E-state index in [1.54, 1.807) is 17.0 Å². The first-order chi connectivity index (χ1) is 19.6. The van der Waals surface area contributed by atoms with Gasteiger partial charge in [0.1, 0.15) is 18.1 Å². The van der Waals surface area contributed by atoms with Crippen molar-refractivity contribution < 1.29 is 23.9 Å². The highest BCUT2D eigenvalue weighted by Gasteiger charge is 2.52. The van der Waals surface area contributed by atoms with Gasteiger partial charge in [-0.25, -0.2) is 0 Å². The van der Waals surface area contributed by atoms with Crippen molar-refractivity contribution in [3.8, 4) is 0 Å². The zero-order valence-electron chi connectivity index (χ0n) is 24.3. The van der Waals surface area contributed by atoms with E-state index in [9.17, 15) is 19.2 Å². The maximum absolute atomic E-state index is 13.8. The molecular formula is C31H41N5O5. The number of carbonyl (C=O) groups excluding carboxylic acids is 4. The minimum absolute atomic E-state index is 0.0243. The Bertz CT molecular complexity index is 1230. The molecule has 41 heavy (non-hydrogen) atoms. The van der Waals surface area contributed by atoms with Gasteiger partial charge in [0.15, 0.2) is 5.78 Å². The van der Waals surface area contributed by atoms with E-state index in [0.29, 0.717) is 31.6 Å². The highest BCUT2D eigenvalue weighted by molar-refractivity contribution is 6.01. The zero-order valence-corrected chi connectivity index (χ0v) is 24.3. The molecule has 220 valence electrons.